The van der Waals surface area contributed by atoms with Crippen LogP contribution in [0, 0.1) is 5.92 Å². The van der Waals surface area contributed by atoms with Gasteiger partial charge in [0.1, 0.15) is 0 Å². The number of piperidine rings is 1. The van der Waals surface area contributed by atoms with E-state index in [2.05, 4.69) is 23.6 Å². The Morgan fingerprint density at radius 3 is 2.95 bits per heavy atom. The maximum Gasteiger partial charge on any atom is 0.223 e. The molecule has 1 amide bonds. The van der Waals surface area contributed by atoms with Gasteiger partial charge in [0.05, 0.1) is 6.04 Å². The summed E-state index contributed by atoms with van der Waals surface area (Å²) in [6.07, 6.45) is 3.87. The highest BCUT2D eigenvalue weighted by atomic mass is 35.5. The van der Waals surface area contributed by atoms with Gasteiger partial charge in [-0.3, -0.25) is 4.79 Å². The summed E-state index contributed by atoms with van der Waals surface area (Å²) in [7, 11) is 0. The minimum Gasteiger partial charge on any atom is -0.349 e. The number of benzene rings is 1. The number of carbonyl (C=O) groups excluding carboxylic acids is 1. The predicted molar refractivity (Wildman–Crippen MR) is 88.1 cm³/mol. The largest absolute Gasteiger partial charge is 0.349 e. The fraction of sp³-hybridized carbons (Fsp3) is 0.562. The molecular formula is C16H22Cl2N2O. The van der Waals surface area contributed by atoms with Crippen LogP contribution in [0.2, 0.25) is 5.02 Å². The van der Waals surface area contributed by atoms with E-state index in [-0.39, 0.29) is 30.3 Å². The van der Waals surface area contributed by atoms with E-state index in [4.69, 9.17) is 11.6 Å². The average molecular weight is 329 g/mol. The lowest BCUT2D eigenvalue weighted by Gasteiger charge is -2.28. The van der Waals surface area contributed by atoms with Gasteiger partial charge in [0.25, 0.3) is 0 Å². The SMILES string of the molecule is C[C@H]1C[C@@H](C(=O)NC2CCc3cc(Cl)ccc32)CCN1.Cl. The van der Waals surface area contributed by atoms with Gasteiger partial charge in [-0.15, -0.1) is 12.4 Å². The zero-order chi connectivity index (χ0) is 14.1. The van der Waals surface area contributed by atoms with Crippen LogP contribution in [0.4, 0.5) is 0 Å². The Hall–Kier alpha value is -0.770. The molecule has 1 aromatic carbocycles. The molecule has 1 aliphatic heterocycles. The second kappa shape index (κ2) is 6.99. The monoisotopic (exact) mass is 328 g/mol. The van der Waals surface area contributed by atoms with Crippen LogP contribution < -0.4 is 10.6 Å². The molecule has 0 radical (unpaired) electrons. The molecule has 1 saturated heterocycles. The molecule has 0 aromatic heterocycles. The molecule has 1 aromatic rings. The third kappa shape index (κ3) is 3.71. The van der Waals surface area contributed by atoms with Crippen LogP contribution in [0.3, 0.4) is 0 Å². The maximum atomic E-state index is 12.4. The summed E-state index contributed by atoms with van der Waals surface area (Å²) >= 11 is 6.02. The smallest absolute Gasteiger partial charge is 0.223 e. The van der Waals surface area contributed by atoms with Crippen LogP contribution in [0.5, 0.6) is 0 Å². The maximum absolute atomic E-state index is 12.4. The van der Waals surface area contributed by atoms with Crippen LogP contribution in [0.15, 0.2) is 18.2 Å². The number of hydrogen-bond acceptors (Lipinski definition) is 2. The van der Waals surface area contributed by atoms with Crippen molar-refractivity contribution in [3.63, 3.8) is 0 Å². The van der Waals surface area contributed by atoms with Gasteiger partial charge in [-0.05, 0) is 62.4 Å². The van der Waals surface area contributed by atoms with Crippen LogP contribution >= 0.6 is 24.0 Å². The number of hydrogen-bond donors (Lipinski definition) is 2. The first kappa shape index (κ1) is 16.6. The number of fused-ring (bicyclic) bond motifs is 1. The van der Waals surface area contributed by atoms with E-state index in [9.17, 15) is 4.79 Å². The fourth-order valence-electron chi connectivity index (χ4n) is 3.40. The molecule has 1 fully saturated rings. The van der Waals surface area contributed by atoms with Crippen LogP contribution in [0.1, 0.15) is 43.4 Å². The Kier molecular flexibility index (Phi) is 5.53. The molecule has 1 heterocycles. The van der Waals surface area contributed by atoms with E-state index in [0.717, 1.165) is 37.3 Å². The third-order valence-electron chi connectivity index (χ3n) is 4.49. The molecule has 116 valence electrons. The van der Waals surface area contributed by atoms with E-state index in [0.29, 0.717) is 6.04 Å². The van der Waals surface area contributed by atoms with Gasteiger partial charge >= 0.3 is 0 Å². The van der Waals surface area contributed by atoms with Crippen molar-refractivity contribution in [1.29, 1.82) is 0 Å². The first-order valence-corrected chi connectivity index (χ1v) is 7.83. The molecule has 3 nitrogen and oxygen atoms in total. The van der Waals surface area contributed by atoms with E-state index in [1.54, 1.807) is 0 Å². The zero-order valence-electron chi connectivity index (χ0n) is 12.2. The van der Waals surface area contributed by atoms with Gasteiger partial charge in [0.2, 0.25) is 5.91 Å². The van der Waals surface area contributed by atoms with Gasteiger partial charge in [-0.25, -0.2) is 0 Å². The number of nitrogens with one attached hydrogen (secondary N) is 2. The van der Waals surface area contributed by atoms with Crippen LogP contribution in [0.25, 0.3) is 0 Å². The molecule has 1 unspecified atom stereocenters. The van der Waals surface area contributed by atoms with Gasteiger partial charge in [0.15, 0.2) is 0 Å². The number of carbonyl (C=O) groups is 1. The van der Waals surface area contributed by atoms with Crippen LogP contribution in [-0.2, 0) is 11.2 Å². The molecule has 5 heteroatoms. The second-order valence-electron chi connectivity index (χ2n) is 6.02. The standard InChI is InChI=1S/C16H21ClN2O.ClH/c1-10-8-12(6-7-18-10)16(20)19-15-5-2-11-9-13(17)3-4-14(11)15;/h3-4,9-10,12,15,18H,2,5-8H2,1H3,(H,19,20);1H/t10-,12-,15?;/m0./s1. The Labute approximate surface area is 137 Å². The Morgan fingerprint density at radius 1 is 1.38 bits per heavy atom. The molecule has 3 rings (SSSR count). The fourth-order valence-corrected chi connectivity index (χ4v) is 3.59. The number of halogens is 2. The molecule has 3 atom stereocenters. The second-order valence-corrected chi connectivity index (χ2v) is 6.46. The Morgan fingerprint density at radius 2 is 2.19 bits per heavy atom. The quantitative estimate of drug-likeness (QED) is 0.874. The summed E-state index contributed by atoms with van der Waals surface area (Å²) in [6, 6.07) is 6.60. The van der Waals surface area contributed by atoms with E-state index in [1.165, 1.54) is 11.1 Å². The topological polar surface area (TPSA) is 41.1 Å². The van der Waals surface area contributed by atoms with E-state index < -0.39 is 0 Å². The predicted octanol–water partition coefficient (Wildman–Crippen LogP) is 3.25. The Balaban J connectivity index is 0.00000161. The molecule has 0 saturated carbocycles. The minimum absolute atomic E-state index is 0. The van der Waals surface area contributed by atoms with Crippen LogP contribution in [-0.4, -0.2) is 18.5 Å². The van der Waals surface area contributed by atoms with Gasteiger partial charge < -0.3 is 10.6 Å². The lowest BCUT2D eigenvalue weighted by molar-refractivity contribution is -0.126. The first-order chi connectivity index (χ1) is 9.63. The van der Waals surface area contributed by atoms with Crippen molar-refractivity contribution in [1.82, 2.24) is 10.6 Å². The number of amides is 1. The highest BCUT2D eigenvalue weighted by molar-refractivity contribution is 6.30. The van der Waals surface area contributed by atoms with Gasteiger partial charge in [-0.2, -0.15) is 0 Å². The van der Waals surface area contributed by atoms with Crippen molar-refractivity contribution >= 4 is 29.9 Å². The Bertz CT molecular complexity index is 521. The summed E-state index contributed by atoms with van der Waals surface area (Å²) in [4.78, 5) is 12.4. The molecule has 0 spiro atoms. The summed E-state index contributed by atoms with van der Waals surface area (Å²) < 4.78 is 0. The number of rotatable bonds is 2. The summed E-state index contributed by atoms with van der Waals surface area (Å²) in [5.41, 5.74) is 2.52. The van der Waals surface area contributed by atoms with Crippen molar-refractivity contribution in [2.45, 2.75) is 44.7 Å². The van der Waals surface area contributed by atoms with Crippen molar-refractivity contribution in [3.8, 4) is 0 Å². The molecule has 2 aliphatic rings. The molecule has 21 heavy (non-hydrogen) atoms. The van der Waals surface area contributed by atoms with Crippen molar-refractivity contribution in [2.75, 3.05) is 6.54 Å². The highest BCUT2D eigenvalue weighted by Crippen LogP contribution is 2.33. The van der Waals surface area contributed by atoms with Crippen molar-refractivity contribution in [2.24, 2.45) is 5.92 Å². The normalized spacial score (nSPS) is 27.6. The first-order valence-electron chi connectivity index (χ1n) is 7.45. The van der Waals surface area contributed by atoms with Crippen molar-refractivity contribution in [3.05, 3.63) is 34.3 Å². The summed E-state index contributed by atoms with van der Waals surface area (Å²) in [5.74, 6) is 0.369. The molecule has 0 bridgehead atoms. The van der Waals surface area contributed by atoms with Gasteiger partial charge in [-0.1, -0.05) is 17.7 Å². The van der Waals surface area contributed by atoms with E-state index in [1.807, 2.05) is 12.1 Å². The average Bonchev–Trinajstić information content (AvgIpc) is 2.81. The van der Waals surface area contributed by atoms with Crippen molar-refractivity contribution < 1.29 is 4.79 Å². The lowest BCUT2D eigenvalue weighted by atomic mass is 9.92. The number of aryl methyl sites for hydroxylation is 1. The summed E-state index contributed by atoms with van der Waals surface area (Å²) in [5, 5.41) is 7.40. The lowest BCUT2D eigenvalue weighted by Crippen LogP contribution is -2.43. The molecular weight excluding hydrogens is 307 g/mol. The highest BCUT2D eigenvalue weighted by Gasteiger charge is 2.29. The zero-order valence-corrected chi connectivity index (χ0v) is 13.8. The van der Waals surface area contributed by atoms with Gasteiger partial charge in [0, 0.05) is 17.0 Å². The molecule has 2 N–H and O–H groups in total. The minimum atomic E-state index is 0. The molecule has 1 aliphatic carbocycles. The van der Waals surface area contributed by atoms with E-state index >= 15 is 0 Å². The summed E-state index contributed by atoms with van der Waals surface area (Å²) in [6.45, 7) is 3.09. The third-order valence-corrected chi connectivity index (χ3v) is 4.73.